The molecule has 1 aliphatic heterocycles. The van der Waals surface area contributed by atoms with Crippen LogP contribution in [0.15, 0.2) is 18.5 Å². The second-order valence-electron chi connectivity index (χ2n) is 5.69. The van der Waals surface area contributed by atoms with E-state index in [1.807, 2.05) is 24.0 Å². The Balaban J connectivity index is 1.69. The summed E-state index contributed by atoms with van der Waals surface area (Å²) in [4.78, 5) is 6.94. The lowest BCUT2D eigenvalue weighted by Gasteiger charge is -2.31. The number of piperidine rings is 1. The normalized spacial score (nSPS) is 20.7. The van der Waals surface area contributed by atoms with Crippen molar-refractivity contribution in [3.63, 3.8) is 0 Å². The zero-order chi connectivity index (χ0) is 14.7. The van der Waals surface area contributed by atoms with Gasteiger partial charge in [-0.1, -0.05) is 0 Å². The Morgan fingerprint density at radius 3 is 3.19 bits per heavy atom. The molecule has 0 radical (unpaired) electrons. The van der Waals surface area contributed by atoms with Crippen LogP contribution in [0.25, 0.3) is 0 Å². The van der Waals surface area contributed by atoms with Gasteiger partial charge in [-0.15, -0.1) is 5.10 Å². The first-order valence-electron chi connectivity index (χ1n) is 7.59. The summed E-state index contributed by atoms with van der Waals surface area (Å²) in [6.45, 7) is 5.18. The number of aromatic amines is 1. The molecule has 114 valence electrons. The van der Waals surface area contributed by atoms with Crippen molar-refractivity contribution in [3.8, 4) is 0 Å². The second-order valence-corrected chi connectivity index (χ2v) is 5.69. The molecule has 2 N–H and O–H groups in total. The predicted molar refractivity (Wildman–Crippen MR) is 81.3 cm³/mol. The third kappa shape index (κ3) is 3.07. The Bertz CT molecular complexity index is 545. The van der Waals surface area contributed by atoms with Crippen LogP contribution in [-0.2, 0) is 0 Å². The SMILES string of the molecule is CNCC1CCCN(c2n[nH]c(C(C)n3cccn3)n2)C1. The maximum absolute atomic E-state index is 4.66. The molecule has 3 heterocycles. The van der Waals surface area contributed by atoms with Gasteiger partial charge in [-0.25, -0.2) is 0 Å². The van der Waals surface area contributed by atoms with Gasteiger partial charge >= 0.3 is 0 Å². The monoisotopic (exact) mass is 289 g/mol. The molecule has 2 aromatic rings. The molecule has 0 spiro atoms. The fourth-order valence-electron chi connectivity index (χ4n) is 2.93. The van der Waals surface area contributed by atoms with E-state index in [4.69, 9.17) is 0 Å². The molecule has 1 fully saturated rings. The first-order chi connectivity index (χ1) is 10.3. The van der Waals surface area contributed by atoms with Gasteiger partial charge in [0, 0.05) is 25.5 Å². The van der Waals surface area contributed by atoms with E-state index in [-0.39, 0.29) is 6.04 Å². The summed E-state index contributed by atoms with van der Waals surface area (Å²) in [5, 5.41) is 15.0. The third-order valence-corrected chi connectivity index (χ3v) is 4.10. The van der Waals surface area contributed by atoms with Gasteiger partial charge in [0.25, 0.3) is 0 Å². The fourth-order valence-corrected chi connectivity index (χ4v) is 2.93. The third-order valence-electron chi connectivity index (χ3n) is 4.10. The van der Waals surface area contributed by atoms with Crippen molar-refractivity contribution < 1.29 is 0 Å². The van der Waals surface area contributed by atoms with Crippen molar-refractivity contribution in [1.29, 1.82) is 0 Å². The smallest absolute Gasteiger partial charge is 0.244 e. The van der Waals surface area contributed by atoms with Crippen LogP contribution < -0.4 is 10.2 Å². The first-order valence-corrected chi connectivity index (χ1v) is 7.59. The Morgan fingerprint density at radius 2 is 2.43 bits per heavy atom. The number of rotatable bonds is 5. The molecule has 1 aliphatic rings. The molecule has 2 unspecified atom stereocenters. The summed E-state index contributed by atoms with van der Waals surface area (Å²) < 4.78 is 1.88. The van der Waals surface area contributed by atoms with E-state index in [1.165, 1.54) is 12.8 Å². The molecule has 21 heavy (non-hydrogen) atoms. The molecule has 0 saturated carbocycles. The Labute approximate surface area is 124 Å². The number of anilines is 1. The average Bonchev–Trinajstić information content (AvgIpc) is 3.19. The van der Waals surface area contributed by atoms with E-state index >= 15 is 0 Å². The molecule has 7 nitrogen and oxygen atoms in total. The molecule has 0 aliphatic carbocycles. The predicted octanol–water partition coefficient (Wildman–Crippen LogP) is 1.05. The van der Waals surface area contributed by atoms with Crippen LogP contribution >= 0.6 is 0 Å². The number of hydrogen-bond donors (Lipinski definition) is 2. The van der Waals surface area contributed by atoms with E-state index in [2.05, 4.69) is 37.4 Å². The number of nitrogens with one attached hydrogen (secondary N) is 2. The standard InChI is InChI=1S/C14H23N7/c1-11(21-8-4-6-16-21)13-17-14(19-18-13)20-7-3-5-12(10-20)9-15-2/h4,6,8,11-12,15H,3,5,7,9-10H2,1-2H3,(H,17,18,19). The van der Waals surface area contributed by atoms with Gasteiger partial charge in [0.1, 0.15) is 6.04 Å². The van der Waals surface area contributed by atoms with Crippen molar-refractivity contribution in [2.75, 3.05) is 31.6 Å². The van der Waals surface area contributed by atoms with E-state index in [0.717, 1.165) is 31.4 Å². The van der Waals surface area contributed by atoms with Crippen LogP contribution in [0.3, 0.4) is 0 Å². The molecule has 0 bridgehead atoms. The molecule has 2 aromatic heterocycles. The van der Waals surface area contributed by atoms with Gasteiger partial charge in [0.15, 0.2) is 5.82 Å². The highest BCUT2D eigenvalue weighted by atomic mass is 15.4. The highest BCUT2D eigenvalue weighted by molar-refractivity contribution is 5.30. The van der Waals surface area contributed by atoms with Crippen LogP contribution in [0.5, 0.6) is 0 Å². The maximum atomic E-state index is 4.66. The van der Waals surface area contributed by atoms with E-state index in [9.17, 15) is 0 Å². The van der Waals surface area contributed by atoms with E-state index in [1.54, 1.807) is 6.20 Å². The van der Waals surface area contributed by atoms with Gasteiger partial charge in [-0.2, -0.15) is 10.1 Å². The zero-order valence-electron chi connectivity index (χ0n) is 12.7. The molecule has 7 heteroatoms. The molecule has 0 aromatic carbocycles. The summed E-state index contributed by atoms with van der Waals surface area (Å²) in [5.41, 5.74) is 0. The van der Waals surface area contributed by atoms with Crippen LogP contribution in [-0.4, -0.2) is 51.6 Å². The lowest BCUT2D eigenvalue weighted by Crippen LogP contribution is -2.39. The number of aromatic nitrogens is 5. The molecule has 3 rings (SSSR count). The number of nitrogens with zero attached hydrogens (tertiary/aromatic N) is 5. The summed E-state index contributed by atoms with van der Waals surface area (Å²) >= 11 is 0. The van der Waals surface area contributed by atoms with Gasteiger partial charge < -0.3 is 10.2 Å². The van der Waals surface area contributed by atoms with Gasteiger partial charge in [0.05, 0.1) is 0 Å². The van der Waals surface area contributed by atoms with Gasteiger partial charge in [-0.3, -0.25) is 9.78 Å². The summed E-state index contributed by atoms with van der Waals surface area (Å²) in [5.74, 6) is 2.34. The lowest BCUT2D eigenvalue weighted by atomic mass is 9.98. The lowest BCUT2D eigenvalue weighted by molar-refractivity contribution is 0.399. The van der Waals surface area contributed by atoms with Crippen LogP contribution in [0.2, 0.25) is 0 Å². The molecular weight excluding hydrogens is 266 g/mol. The van der Waals surface area contributed by atoms with E-state index < -0.39 is 0 Å². The molecule has 1 saturated heterocycles. The quantitative estimate of drug-likeness (QED) is 0.860. The van der Waals surface area contributed by atoms with Crippen molar-refractivity contribution in [2.24, 2.45) is 5.92 Å². The summed E-state index contributed by atoms with van der Waals surface area (Å²) in [6, 6.07) is 1.99. The average molecular weight is 289 g/mol. The van der Waals surface area contributed by atoms with Crippen LogP contribution in [0.1, 0.15) is 31.6 Å². The summed E-state index contributed by atoms with van der Waals surface area (Å²) in [7, 11) is 2.01. The topological polar surface area (TPSA) is 74.7 Å². The highest BCUT2D eigenvalue weighted by Gasteiger charge is 2.23. The maximum Gasteiger partial charge on any atom is 0.244 e. The van der Waals surface area contributed by atoms with Crippen molar-refractivity contribution in [1.82, 2.24) is 30.3 Å². The van der Waals surface area contributed by atoms with Crippen molar-refractivity contribution in [3.05, 3.63) is 24.3 Å². The van der Waals surface area contributed by atoms with Gasteiger partial charge in [0.2, 0.25) is 5.95 Å². The molecule has 2 atom stereocenters. The minimum atomic E-state index is 0.0687. The van der Waals surface area contributed by atoms with Crippen LogP contribution in [0.4, 0.5) is 5.95 Å². The Kier molecular flexibility index (Phi) is 4.19. The number of hydrogen-bond acceptors (Lipinski definition) is 5. The van der Waals surface area contributed by atoms with Gasteiger partial charge in [-0.05, 0) is 45.3 Å². The minimum absolute atomic E-state index is 0.0687. The fraction of sp³-hybridized carbons (Fsp3) is 0.643. The van der Waals surface area contributed by atoms with Crippen molar-refractivity contribution >= 4 is 5.95 Å². The zero-order valence-corrected chi connectivity index (χ0v) is 12.7. The van der Waals surface area contributed by atoms with E-state index in [0.29, 0.717) is 5.92 Å². The van der Waals surface area contributed by atoms with Crippen LogP contribution in [0, 0.1) is 5.92 Å². The number of H-pyrrole nitrogens is 1. The summed E-state index contributed by atoms with van der Waals surface area (Å²) in [6.07, 6.45) is 6.20. The highest BCUT2D eigenvalue weighted by Crippen LogP contribution is 2.21. The Morgan fingerprint density at radius 1 is 1.52 bits per heavy atom. The minimum Gasteiger partial charge on any atom is -0.339 e. The second kappa shape index (κ2) is 6.26. The molecular formula is C14H23N7. The molecule has 0 amide bonds. The first kappa shape index (κ1) is 14.1. The Hall–Kier alpha value is -1.89. The largest absolute Gasteiger partial charge is 0.339 e. The van der Waals surface area contributed by atoms with Crippen molar-refractivity contribution in [2.45, 2.75) is 25.8 Å².